The normalized spacial score (nSPS) is 22.8. The van der Waals surface area contributed by atoms with Crippen LogP contribution in [0.1, 0.15) is 19.8 Å². The van der Waals surface area contributed by atoms with Crippen LogP contribution in [0.15, 0.2) is 29.2 Å². The van der Waals surface area contributed by atoms with E-state index in [-0.39, 0.29) is 0 Å². The van der Waals surface area contributed by atoms with Gasteiger partial charge in [-0.15, -0.1) is 0 Å². The van der Waals surface area contributed by atoms with Crippen molar-refractivity contribution in [3.8, 4) is 0 Å². The average Bonchev–Trinajstić information content (AvgIpc) is 2.33. The summed E-state index contributed by atoms with van der Waals surface area (Å²) in [6.45, 7) is 2.92. The van der Waals surface area contributed by atoms with Gasteiger partial charge in [0.15, 0.2) is 0 Å². The van der Waals surface area contributed by atoms with E-state index in [2.05, 4.69) is 10.0 Å². The second-order valence-electron chi connectivity index (χ2n) is 4.98. The van der Waals surface area contributed by atoms with Crippen LogP contribution in [0.4, 0.5) is 5.69 Å². The van der Waals surface area contributed by atoms with Crippen LogP contribution < -0.4 is 15.8 Å². The number of rotatable bonds is 6. The predicted octanol–water partition coefficient (Wildman–Crippen LogP) is 1.13. The van der Waals surface area contributed by atoms with Gasteiger partial charge in [-0.05, 0) is 30.9 Å². The Kier molecular flexibility index (Phi) is 4.44. The number of para-hydroxylation sites is 1. The molecule has 0 saturated heterocycles. The Labute approximate surface area is 114 Å². The van der Waals surface area contributed by atoms with Crippen LogP contribution in [0.3, 0.4) is 0 Å². The molecule has 19 heavy (non-hydrogen) atoms. The first-order valence-electron chi connectivity index (χ1n) is 6.61. The fourth-order valence-corrected chi connectivity index (χ4v) is 3.55. The molecule has 0 unspecified atom stereocenters. The van der Waals surface area contributed by atoms with Crippen LogP contribution in [0.25, 0.3) is 0 Å². The maximum atomic E-state index is 12.1. The first kappa shape index (κ1) is 14.3. The highest BCUT2D eigenvalue weighted by Crippen LogP contribution is 2.27. The monoisotopic (exact) mass is 283 g/mol. The zero-order valence-electron chi connectivity index (χ0n) is 11.1. The summed E-state index contributed by atoms with van der Waals surface area (Å²) in [6.07, 6.45) is 2.02. The van der Waals surface area contributed by atoms with Crippen molar-refractivity contribution >= 4 is 15.7 Å². The standard InChI is InChI=1S/C13H21N3O2S/c1-2-16-19(17,18)13-6-4-3-5-12(13)15-9-10-7-11(14)8-10/h3-6,10-11,15-16H,2,7-9,14H2,1H3. The highest BCUT2D eigenvalue weighted by atomic mass is 32.2. The van der Waals surface area contributed by atoms with Crippen LogP contribution in [-0.2, 0) is 10.0 Å². The largest absolute Gasteiger partial charge is 0.384 e. The molecule has 2 rings (SSSR count). The molecule has 6 heteroatoms. The lowest BCUT2D eigenvalue weighted by Gasteiger charge is -2.32. The second kappa shape index (κ2) is 5.90. The van der Waals surface area contributed by atoms with Crippen molar-refractivity contribution in [2.75, 3.05) is 18.4 Å². The summed E-state index contributed by atoms with van der Waals surface area (Å²) in [5, 5.41) is 3.23. The van der Waals surface area contributed by atoms with E-state index in [0.717, 1.165) is 19.4 Å². The lowest BCUT2D eigenvalue weighted by Crippen LogP contribution is -2.39. The molecule has 1 aliphatic carbocycles. The topological polar surface area (TPSA) is 84.2 Å². The molecule has 0 amide bonds. The molecule has 1 saturated carbocycles. The van der Waals surface area contributed by atoms with E-state index in [0.29, 0.717) is 29.1 Å². The van der Waals surface area contributed by atoms with Gasteiger partial charge in [0.1, 0.15) is 4.90 Å². The van der Waals surface area contributed by atoms with E-state index in [4.69, 9.17) is 5.73 Å². The smallest absolute Gasteiger partial charge is 0.242 e. The van der Waals surface area contributed by atoms with E-state index in [9.17, 15) is 8.42 Å². The average molecular weight is 283 g/mol. The van der Waals surface area contributed by atoms with E-state index < -0.39 is 10.0 Å². The summed E-state index contributed by atoms with van der Waals surface area (Å²) in [7, 11) is -3.43. The summed E-state index contributed by atoms with van der Waals surface area (Å²) < 4.78 is 26.6. The van der Waals surface area contributed by atoms with Crippen molar-refractivity contribution in [3.63, 3.8) is 0 Å². The number of hydrogen-bond acceptors (Lipinski definition) is 4. The molecular weight excluding hydrogens is 262 g/mol. The molecule has 0 heterocycles. The molecule has 5 nitrogen and oxygen atoms in total. The minimum atomic E-state index is -3.43. The van der Waals surface area contributed by atoms with Gasteiger partial charge < -0.3 is 11.1 Å². The second-order valence-corrected chi connectivity index (χ2v) is 6.71. The Hall–Kier alpha value is -1.11. The quantitative estimate of drug-likeness (QED) is 0.731. The minimum absolute atomic E-state index is 0.306. The Morgan fingerprint density at radius 2 is 2.00 bits per heavy atom. The number of nitrogens with two attached hydrogens (primary N) is 1. The third kappa shape index (κ3) is 3.46. The van der Waals surface area contributed by atoms with E-state index in [1.807, 2.05) is 6.07 Å². The van der Waals surface area contributed by atoms with Crippen molar-refractivity contribution in [1.82, 2.24) is 4.72 Å². The number of benzene rings is 1. The summed E-state index contributed by atoms with van der Waals surface area (Å²) in [6, 6.07) is 7.29. The third-order valence-corrected chi connectivity index (χ3v) is 4.97. The molecule has 0 atom stereocenters. The highest BCUT2D eigenvalue weighted by Gasteiger charge is 2.26. The molecule has 0 aliphatic heterocycles. The molecular formula is C13H21N3O2S. The molecule has 1 aliphatic rings. The van der Waals surface area contributed by atoms with Gasteiger partial charge in [0.2, 0.25) is 10.0 Å². The maximum absolute atomic E-state index is 12.1. The SMILES string of the molecule is CCNS(=O)(=O)c1ccccc1NCC1CC(N)C1. The number of nitrogens with one attached hydrogen (secondary N) is 2. The fourth-order valence-electron chi connectivity index (χ4n) is 2.32. The summed E-state index contributed by atoms with van der Waals surface area (Å²) in [5.74, 6) is 0.546. The van der Waals surface area contributed by atoms with Crippen LogP contribution in [0.2, 0.25) is 0 Å². The van der Waals surface area contributed by atoms with Crippen LogP contribution >= 0.6 is 0 Å². The summed E-state index contributed by atoms with van der Waals surface area (Å²) >= 11 is 0. The Morgan fingerprint density at radius 1 is 1.32 bits per heavy atom. The van der Waals surface area contributed by atoms with Crippen LogP contribution in [-0.4, -0.2) is 27.5 Å². The van der Waals surface area contributed by atoms with E-state index >= 15 is 0 Å². The number of sulfonamides is 1. The van der Waals surface area contributed by atoms with Crippen molar-refractivity contribution in [2.45, 2.75) is 30.7 Å². The van der Waals surface area contributed by atoms with Crippen molar-refractivity contribution in [2.24, 2.45) is 11.7 Å². The predicted molar refractivity (Wildman–Crippen MR) is 76.5 cm³/mol. The van der Waals surface area contributed by atoms with Gasteiger partial charge in [0, 0.05) is 19.1 Å². The molecule has 106 valence electrons. The molecule has 1 fully saturated rings. The van der Waals surface area contributed by atoms with Gasteiger partial charge in [-0.2, -0.15) is 0 Å². The van der Waals surface area contributed by atoms with E-state index in [1.165, 1.54) is 0 Å². The van der Waals surface area contributed by atoms with Gasteiger partial charge in [-0.25, -0.2) is 13.1 Å². The Bertz CT molecular complexity index is 524. The van der Waals surface area contributed by atoms with Crippen molar-refractivity contribution in [3.05, 3.63) is 24.3 Å². The maximum Gasteiger partial charge on any atom is 0.242 e. The summed E-state index contributed by atoms with van der Waals surface area (Å²) in [5.41, 5.74) is 6.40. The molecule has 1 aromatic carbocycles. The lowest BCUT2D eigenvalue weighted by molar-refractivity contribution is 0.280. The molecule has 0 aromatic heterocycles. The number of hydrogen-bond donors (Lipinski definition) is 3. The molecule has 0 radical (unpaired) electrons. The van der Waals surface area contributed by atoms with Gasteiger partial charge >= 0.3 is 0 Å². The van der Waals surface area contributed by atoms with Crippen molar-refractivity contribution in [1.29, 1.82) is 0 Å². The highest BCUT2D eigenvalue weighted by molar-refractivity contribution is 7.89. The molecule has 1 aromatic rings. The molecule has 0 bridgehead atoms. The van der Waals surface area contributed by atoms with Gasteiger partial charge in [0.25, 0.3) is 0 Å². The Balaban J connectivity index is 2.08. The van der Waals surface area contributed by atoms with Crippen molar-refractivity contribution < 1.29 is 8.42 Å². The van der Waals surface area contributed by atoms with Gasteiger partial charge in [0.05, 0.1) is 5.69 Å². The third-order valence-electron chi connectivity index (χ3n) is 3.36. The first-order valence-corrected chi connectivity index (χ1v) is 8.09. The van der Waals surface area contributed by atoms with Crippen LogP contribution in [0.5, 0.6) is 0 Å². The number of anilines is 1. The fraction of sp³-hybridized carbons (Fsp3) is 0.538. The zero-order chi connectivity index (χ0) is 13.9. The molecule has 0 spiro atoms. The molecule has 4 N–H and O–H groups in total. The lowest BCUT2D eigenvalue weighted by atomic mass is 9.81. The van der Waals surface area contributed by atoms with Gasteiger partial charge in [-0.3, -0.25) is 0 Å². The summed E-state index contributed by atoms with van der Waals surface area (Å²) in [4.78, 5) is 0.306. The minimum Gasteiger partial charge on any atom is -0.384 e. The Morgan fingerprint density at radius 3 is 2.63 bits per heavy atom. The first-order chi connectivity index (χ1) is 9.03. The van der Waals surface area contributed by atoms with Gasteiger partial charge in [-0.1, -0.05) is 19.1 Å². The van der Waals surface area contributed by atoms with E-state index in [1.54, 1.807) is 25.1 Å². The van der Waals surface area contributed by atoms with Crippen LogP contribution in [0, 0.1) is 5.92 Å². The zero-order valence-corrected chi connectivity index (χ0v) is 11.9.